The molecule has 1 aromatic carbocycles. The number of carboxylic acid groups (broad SMARTS) is 1. The van der Waals surface area contributed by atoms with Crippen molar-refractivity contribution in [3.63, 3.8) is 0 Å². The Morgan fingerprint density at radius 2 is 1.90 bits per heavy atom. The van der Waals surface area contributed by atoms with Gasteiger partial charge in [0, 0.05) is 13.1 Å². The van der Waals surface area contributed by atoms with E-state index in [1.807, 2.05) is 31.2 Å². The Morgan fingerprint density at radius 1 is 1.24 bits per heavy atom. The molecule has 0 saturated carbocycles. The van der Waals surface area contributed by atoms with Gasteiger partial charge in [0.15, 0.2) is 0 Å². The fourth-order valence-corrected chi connectivity index (χ4v) is 1.92. The van der Waals surface area contributed by atoms with Crippen LogP contribution in [-0.2, 0) is 11.2 Å². The fraction of sp³-hybridized carbons (Fsp3) is 0.467. The topological polar surface area (TPSA) is 98.7 Å². The largest absolute Gasteiger partial charge is 0.481 e. The third-order valence-corrected chi connectivity index (χ3v) is 3.10. The van der Waals surface area contributed by atoms with Crippen molar-refractivity contribution >= 4 is 12.0 Å². The lowest BCUT2D eigenvalue weighted by atomic mass is 10.0. The molecule has 6 heteroatoms. The number of hydrogen-bond donors (Lipinski definition) is 4. The Labute approximate surface area is 124 Å². The molecule has 0 aliphatic carbocycles. The van der Waals surface area contributed by atoms with Crippen LogP contribution < -0.4 is 10.6 Å². The van der Waals surface area contributed by atoms with Gasteiger partial charge in [-0.25, -0.2) is 4.79 Å². The first kappa shape index (κ1) is 17.0. The molecule has 0 aromatic heterocycles. The molecule has 0 radical (unpaired) electrons. The van der Waals surface area contributed by atoms with E-state index >= 15 is 0 Å². The molecular formula is C15H22N2O4. The Bertz CT molecular complexity index is 500. The quantitative estimate of drug-likeness (QED) is 0.604. The maximum absolute atomic E-state index is 11.6. The van der Waals surface area contributed by atoms with E-state index in [2.05, 4.69) is 10.6 Å². The Morgan fingerprint density at radius 3 is 2.52 bits per heavy atom. The number of rotatable bonds is 7. The van der Waals surface area contributed by atoms with Crippen LogP contribution in [0.2, 0.25) is 0 Å². The van der Waals surface area contributed by atoms with Crippen molar-refractivity contribution in [3.05, 3.63) is 35.4 Å². The minimum atomic E-state index is -1.46. The van der Waals surface area contributed by atoms with Gasteiger partial charge in [0.05, 0.1) is 12.0 Å². The summed E-state index contributed by atoms with van der Waals surface area (Å²) >= 11 is 0. The fourth-order valence-electron chi connectivity index (χ4n) is 1.92. The number of nitrogens with one attached hydrogen (secondary N) is 2. The second-order valence-electron chi connectivity index (χ2n) is 5.35. The van der Waals surface area contributed by atoms with Crippen molar-refractivity contribution in [2.75, 3.05) is 13.1 Å². The number of carboxylic acids is 1. The summed E-state index contributed by atoms with van der Waals surface area (Å²) in [7, 11) is 0. The Balaban J connectivity index is 2.29. The highest BCUT2D eigenvalue weighted by molar-refractivity contribution is 5.74. The van der Waals surface area contributed by atoms with Crippen LogP contribution in [0.4, 0.5) is 4.79 Å². The first-order valence-electron chi connectivity index (χ1n) is 6.80. The molecule has 0 aliphatic rings. The van der Waals surface area contributed by atoms with Crippen LogP contribution in [0.5, 0.6) is 0 Å². The normalized spacial score (nSPS) is 13.3. The number of carbonyl (C=O) groups is 2. The molecule has 21 heavy (non-hydrogen) atoms. The maximum atomic E-state index is 11.6. The maximum Gasteiger partial charge on any atom is 0.314 e. The first-order valence-corrected chi connectivity index (χ1v) is 6.80. The van der Waals surface area contributed by atoms with Gasteiger partial charge in [0.25, 0.3) is 0 Å². The molecule has 0 spiro atoms. The van der Waals surface area contributed by atoms with E-state index in [0.29, 0.717) is 13.0 Å². The van der Waals surface area contributed by atoms with Gasteiger partial charge in [-0.1, -0.05) is 24.3 Å². The van der Waals surface area contributed by atoms with Crippen LogP contribution in [0, 0.1) is 6.92 Å². The van der Waals surface area contributed by atoms with Crippen LogP contribution in [0.15, 0.2) is 24.3 Å². The van der Waals surface area contributed by atoms with Gasteiger partial charge in [-0.3, -0.25) is 4.79 Å². The predicted octanol–water partition coefficient (Wildman–Crippen LogP) is 1.06. The molecule has 1 atom stereocenters. The average molecular weight is 294 g/mol. The van der Waals surface area contributed by atoms with Crippen molar-refractivity contribution in [1.29, 1.82) is 0 Å². The van der Waals surface area contributed by atoms with Gasteiger partial charge >= 0.3 is 12.0 Å². The van der Waals surface area contributed by atoms with E-state index in [0.717, 1.165) is 5.56 Å². The number of hydrogen-bond acceptors (Lipinski definition) is 3. The summed E-state index contributed by atoms with van der Waals surface area (Å²) in [5.74, 6) is -1.11. The van der Waals surface area contributed by atoms with Crippen LogP contribution in [0.25, 0.3) is 0 Å². The summed E-state index contributed by atoms with van der Waals surface area (Å²) in [4.78, 5) is 22.1. The van der Waals surface area contributed by atoms with Crippen molar-refractivity contribution in [1.82, 2.24) is 10.6 Å². The third-order valence-electron chi connectivity index (χ3n) is 3.10. The standard InChI is InChI=1S/C15H22N2O4/c1-11-5-3-4-6-12(11)7-8-16-14(20)17-10-15(2,21)9-13(18)19/h3-6,21H,7-10H2,1-2H3,(H,18,19)(H2,16,17,20). The zero-order chi connectivity index (χ0) is 15.9. The molecule has 0 saturated heterocycles. The summed E-state index contributed by atoms with van der Waals surface area (Å²) in [6, 6.07) is 7.51. The number of urea groups is 1. The van der Waals surface area contributed by atoms with Crippen molar-refractivity contribution in [3.8, 4) is 0 Å². The van der Waals surface area contributed by atoms with Gasteiger partial charge in [0.1, 0.15) is 0 Å². The zero-order valence-electron chi connectivity index (χ0n) is 12.3. The summed E-state index contributed by atoms with van der Waals surface area (Å²) in [6.07, 6.45) is 0.294. The Kier molecular flexibility index (Phi) is 6.17. The van der Waals surface area contributed by atoms with Gasteiger partial charge in [-0.2, -0.15) is 0 Å². The molecule has 0 aliphatic heterocycles. The lowest BCUT2D eigenvalue weighted by Gasteiger charge is -2.21. The first-order chi connectivity index (χ1) is 9.80. The molecule has 116 valence electrons. The average Bonchev–Trinajstić information content (AvgIpc) is 2.37. The SMILES string of the molecule is Cc1ccccc1CCNC(=O)NCC(C)(O)CC(=O)O. The van der Waals surface area contributed by atoms with E-state index in [9.17, 15) is 14.7 Å². The minimum Gasteiger partial charge on any atom is -0.481 e. The highest BCUT2D eigenvalue weighted by Crippen LogP contribution is 2.08. The molecule has 0 fully saturated rings. The lowest BCUT2D eigenvalue weighted by Crippen LogP contribution is -2.46. The smallest absolute Gasteiger partial charge is 0.314 e. The van der Waals surface area contributed by atoms with E-state index in [1.165, 1.54) is 12.5 Å². The van der Waals surface area contributed by atoms with Crippen molar-refractivity contribution in [2.45, 2.75) is 32.3 Å². The Hall–Kier alpha value is -2.08. The van der Waals surface area contributed by atoms with Crippen molar-refractivity contribution < 1.29 is 19.8 Å². The molecule has 1 aromatic rings. The summed E-state index contributed by atoms with van der Waals surface area (Å²) < 4.78 is 0. The molecule has 0 heterocycles. The van der Waals surface area contributed by atoms with Gasteiger partial charge < -0.3 is 20.8 Å². The minimum absolute atomic E-state index is 0.116. The summed E-state index contributed by atoms with van der Waals surface area (Å²) in [6.45, 7) is 3.74. The molecule has 6 nitrogen and oxygen atoms in total. The van der Waals surface area contributed by atoms with E-state index < -0.39 is 24.0 Å². The molecule has 1 rings (SSSR count). The summed E-state index contributed by atoms with van der Waals surface area (Å²) in [5, 5.41) is 23.5. The van der Waals surface area contributed by atoms with Gasteiger partial charge in [-0.15, -0.1) is 0 Å². The van der Waals surface area contributed by atoms with Gasteiger partial charge in [-0.05, 0) is 31.4 Å². The third kappa shape index (κ3) is 6.76. The van der Waals surface area contributed by atoms with Crippen LogP contribution >= 0.6 is 0 Å². The number of carbonyl (C=O) groups excluding carboxylic acids is 1. The van der Waals surface area contributed by atoms with Crippen LogP contribution in [0.1, 0.15) is 24.5 Å². The van der Waals surface area contributed by atoms with Crippen molar-refractivity contribution in [2.24, 2.45) is 0 Å². The summed E-state index contributed by atoms with van der Waals surface area (Å²) in [5.41, 5.74) is 0.874. The molecule has 4 N–H and O–H groups in total. The highest BCUT2D eigenvalue weighted by atomic mass is 16.4. The molecule has 0 bridgehead atoms. The number of aliphatic hydroxyl groups is 1. The number of aryl methyl sites for hydroxylation is 1. The van der Waals surface area contributed by atoms with Crippen LogP contribution in [-0.4, -0.2) is 40.9 Å². The van der Waals surface area contributed by atoms with E-state index in [-0.39, 0.29) is 6.54 Å². The second kappa shape index (κ2) is 7.64. The zero-order valence-corrected chi connectivity index (χ0v) is 12.3. The number of aliphatic carboxylic acids is 1. The predicted molar refractivity (Wildman–Crippen MR) is 79.2 cm³/mol. The van der Waals surface area contributed by atoms with E-state index in [1.54, 1.807) is 0 Å². The van der Waals surface area contributed by atoms with Gasteiger partial charge in [0.2, 0.25) is 0 Å². The molecule has 1 unspecified atom stereocenters. The molecule has 2 amide bonds. The lowest BCUT2D eigenvalue weighted by molar-refractivity contribution is -0.141. The highest BCUT2D eigenvalue weighted by Gasteiger charge is 2.24. The van der Waals surface area contributed by atoms with Crippen LogP contribution in [0.3, 0.4) is 0 Å². The number of benzene rings is 1. The molecular weight excluding hydrogens is 272 g/mol. The monoisotopic (exact) mass is 294 g/mol. The second-order valence-corrected chi connectivity index (χ2v) is 5.35. The number of amides is 2. The van der Waals surface area contributed by atoms with E-state index in [4.69, 9.17) is 5.11 Å².